The molecule has 0 aliphatic carbocycles. The zero-order valence-corrected chi connectivity index (χ0v) is 12.7. The van der Waals surface area contributed by atoms with Gasteiger partial charge in [0.2, 0.25) is 0 Å². The van der Waals surface area contributed by atoms with E-state index in [2.05, 4.69) is 40.9 Å². The van der Waals surface area contributed by atoms with Crippen LogP contribution in [0.1, 0.15) is 30.8 Å². The molecule has 4 nitrogen and oxygen atoms in total. The molecule has 0 aliphatic rings. The topological polar surface area (TPSA) is 67.7 Å². The van der Waals surface area contributed by atoms with Crippen molar-refractivity contribution < 1.29 is 0 Å². The molecule has 1 heterocycles. The van der Waals surface area contributed by atoms with E-state index >= 15 is 0 Å². The number of benzene rings is 1. The number of halogens is 1. The summed E-state index contributed by atoms with van der Waals surface area (Å²) in [5.41, 5.74) is 9.46. The van der Waals surface area contributed by atoms with Gasteiger partial charge in [-0.3, -0.25) is 5.41 Å². The Morgan fingerprint density at radius 3 is 2.58 bits per heavy atom. The van der Waals surface area contributed by atoms with Crippen LogP contribution in [-0.2, 0) is 12.8 Å². The average Bonchev–Trinajstić information content (AvgIpc) is 2.81. The lowest BCUT2D eigenvalue weighted by Crippen LogP contribution is -2.12. The molecule has 0 unspecified atom stereocenters. The number of aryl methyl sites for hydroxylation is 2. The lowest BCUT2D eigenvalue weighted by molar-refractivity contribution is 0.793. The van der Waals surface area contributed by atoms with Crippen LogP contribution in [0.5, 0.6) is 0 Å². The van der Waals surface area contributed by atoms with Gasteiger partial charge in [-0.15, -0.1) is 0 Å². The molecule has 100 valence electrons. The second kappa shape index (κ2) is 5.57. The highest BCUT2D eigenvalue weighted by atomic mass is 79.9. The number of hydrogen-bond acceptors (Lipinski definition) is 2. The summed E-state index contributed by atoms with van der Waals surface area (Å²) in [6, 6.07) is 7.86. The Morgan fingerprint density at radius 1 is 1.32 bits per heavy atom. The quantitative estimate of drug-likeness (QED) is 0.671. The van der Waals surface area contributed by atoms with Gasteiger partial charge in [0.15, 0.2) is 0 Å². The maximum Gasteiger partial charge on any atom is 0.123 e. The number of nitrogens with two attached hydrogens (primary N) is 1. The molecule has 19 heavy (non-hydrogen) atoms. The maximum absolute atomic E-state index is 7.49. The number of nitrogens with one attached hydrogen (secondary N) is 1. The predicted octanol–water partition coefficient (Wildman–Crippen LogP) is 3.04. The Labute approximate surface area is 121 Å². The van der Waals surface area contributed by atoms with Crippen LogP contribution in [0.3, 0.4) is 0 Å². The summed E-state index contributed by atoms with van der Waals surface area (Å²) in [4.78, 5) is 0. The fourth-order valence-corrected chi connectivity index (χ4v) is 2.56. The van der Waals surface area contributed by atoms with E-state index in [0.29, 0.717) is 5.56 Å². The van der Waals surface area contributed by atoms with Crippen LogP contribution in [0.15, 0.2) is 28.7 Å². The second-order valence-corrected chi connectivity index (χ2v) is 5.18. The third-order valence-corrected chi connectivity index (χ3v) is 3.70. The SMILES string of the molecule is CCc1cc(CC)n(-c2ccc(C(=N)N)c(Br)c2)n1. The predicted molar refractivity (Wildman–Crippen MR) is 81.0 cm³/mol. The van der Waals surface area contributed by atoms with E-state index < -0.39 is 0 Å². The normalized spacial score (nSPS) is 10.7. The molecule has 0 amide bonds. The lowest BCUT2D eigenvalue weighted by Gasteiger charge is -2.09. The Balaban J connectivity index is 2.50. The summed E-state index contributed by atoms with van der Waals surface area (Å²) in [7, 11) is 0. The molecule has 0 bridgehead atoms. The molecule has 0 radical (unpaired) electrons. The van der Waals surface area contributed by atoms with Crippen molar-refractivity contribution >= 4 is 21.8 Å². The first-order valence-electron chi connectivity index (χ1n) is 6.29. The van der Waals surface area contributed by atoms with Gasteiger partial charge in [-0.25, -0.2) is 4.68 Å². The molecule has 0 atom stereocenters. The molecule has 5 heteroatoms. The van der Waals surface area contributed by atoms with Crippen molar-refractivity contribution in [3.8, 4) is 5.69 Å². The number of aromatic nitrogens is 2. The van der Waals surface area contributed by atoms with Crippen LogP contribution in [0, 0.1) is 5.41 Å². The van der Waals surface area contributed by atoms with Gasteiger partial charge in [-0.2, -0.15) is 5.10 Å². The molecular weight excluding hydrogens is 304 g/mol. The molecule has 2 aromatic rings. The molecule has 0 spiro atoms. The van der Waals surface area contributed by atoms with Gasteiger partial charge in [0.1, 0.15) is 5.84 Å². The van der Waals surface area contributed by atoms with Crippen molar-refractivity contribution in [1.82, 2.24) is 9.78 Å². The van der Waals surface area contributed by atoms with Crippen LogP contribution < -0.4 is 5.73 Å². The van der Waals surface area contributed by atoms with Crippen molar-refractivity contribution in [2.75, 3.05) is 0 Å². The van der Waals surface area contributed by atoms with Gasteiger partial charge in [-0.1, -0.05) is 13.8 Å². The molecular formula is C14H17BrN4. The third-order valence-electron chi connectivity index (χ3n) is 3.05. The zero-order valence-electron chi connectivity index (χ0n) is 11.1. The molecule has 0 saturated carbocycles. The summed E-state index contributed by atoms with van der Waals surface area (Å²) in [5, 5.41) is 12.1. The zero-order chi connectivity index (χ0) is 14.0. The fourth-order valence-electron chi connectivity index (χ4n) is 1.98. The fraction of sp³-hybridized carbons (Fsp3) is 0.286. The van der Waals surface area contributed by atoms with E-state index in [1.807, 2.05) is 22.9 Å². The first-order valence-corrected chi connectivity index (χ1v) is 7.08. The van der Waals surface area contributed by atoms with E-state index in [1.165, 1.54) is 5.69 Å². The van der Waals surface area contributed by atoms with E-state index in [1.54, 1.807) is 0 Å². The van der Waals surface area contributed by atoms with Gasteiger partial charge in [0.25, 0.3) is 0 Å². The summed E-state index contributed by atoms with van der Waals surface area (Å²) in [6.07, 6.45) is 1.85. The van der Waals surface area contributed by atoms with Gasteiger partial charge in [0.05, 0.1) is 11.4 Å². The van der Waals surface area contributed by atoms with Crippen LogP contribution in [0.4, 0.5) is 0 Å². The number of nitrogen functional groups attached to an aromatic ring is 1. The minimum atomic E-state index is 0.0591. The van der Waals surface area contributed by atoms with Crippen LogP contribution in [0.25, 0.3) is 5.69 Å². The largest absolute Gasteiger partial charge is 0.384 e. The van der Waals surface area contributed by atoms with Crippen LogP contribution >= 0.6 is 15.9 Å². The first-order chi connectivity index (χ1) is 9.06. The van der Waals surface area contributed by atoms with Crippen LogP contribution in [-0.4, -0.2) is 15.6 Å². The standard InChI is InChI=1S/C14H17BrN4/c1-3-9-7-10(4-2)19(18-9)11-5-6-12(14(16)17)13(15)8-11/h5-8H,3-4H2,1-2H3,(H3,16,17). The molecule has 3 N–H and O–H groups in total. The number of amidine groups is 1. The van der Waals surface area contributed by atoms with Gasteiger partial charge < -0.3 is 5.73 Å². The Hall–Kier alpha value is -1.62. The molecule has 2 rings (SSSR count). The smallest absolute Gasteiger partial charge is 0.123 e. The summed E-state index contributed by atoms with van der Waals surface area (Å²) < 4.78 is 2.76. The van der Waals surface area contributed by atoms with Gasteiger partial charge in [0, 0.05) is 15.7 Å². The van der Waals surface area contributed by atoms with Crippen molar-refractivity contribution in [2.24, 2.45) is 5.73 Å². The van der Waals surface area contributed by atoms with Crippen LogP contribution in [0.2, 0.25) is 0 Å². The number of nitrogens with zero attached hydrogens (tertiary/aromatic N) is 2. The highest BCUT2D eigenvalue weighted by Gasteiger charge is 2.10. The van der Waals surface area contributed by atoms with Gasteiger partial charge >= 0.3 is 0 Å². The monoisotopic (exact) mass is 320 g/mol. The van der Waals surface area contributed by atoms with E-state index in [4.69, 9.17) is 11.1 Å². The van der Waals surface area contributed by atoms with E-state index in [-0.39, 0.29) is 5.84 Å². The Morgan fingerprint density at radius 2 is 2.05 bits per heavy atom. The molecule has 0 fully saturated rings. The highest BCUT2D eigenvalue weighted by Crippen LogP contribution is 2.22. The maximum atomic E-state index is 7.49. The van der Waals surface area contributed by atoms with E-state index in [0.717, 1.165) is 28.7 Å². The summed E-state index contributed by atoms with van der Waals surface area (Å²) in [5.74, 6) is 0.0591. The minimum absolute atomic E-state index is 0.0591. The summed E-state index contributed by atoms with van der Waals surface area (Å²) in [6.45, 7) is 4.22. The molecule has 0 aliphatic heterocycles. The highest BCUT2D eigenvalue weighted by molar-refractivity contribution is 9.10. The third kappa shape index (κ3) is 2.71. The van der Waals surface area contributed by atoms with Crippen molar-refractivity contribution in [1.29, 1.82) is 5.41 Å². The summed E-state index contributed by atoms with van der Waals surface area (Å²) >= 11 is 3.45. The van der Waals surface area contributed by atoms with Gasteiger partial charge in [-0.05, 0) is 53.0 Å². The molecule has 1 aromatic carbocycles. The Kier molecular flexibility index (Phi) is 4.04. The van der Waals surface area contributed by atoms with Crippen molar-refractivity contribution in [2.45, 2.75) is 26.7 Å². The number of rotatable bonds is 4. The first kappa shape index (κ1) is 13.8. The average molecular weight is 321 g/mol. The van der Waals surface area contributed by atoms with Crippen molar-refractivity contribution in [3.05, 3.63) is 45.7 Å². The molecule has 0 saturated heterocycles. The van der Waals surface area contributed by atoms with Crippen molar-refractivity contribution in [3.63, 3.8) is 0 Å². The molecule has 1 aromatic heterocycles. The van der Waals surface area contributed by atoms with E-state index in [9.17, 15) is 0 Å². The number of hydrogen-bond donors (Lipinski definition) is 2. The lowest BCUT2D eigenvalue weighted by atomic mass is 10.2. The second-order valence-electron chi connectivity index (χ2n) is 4.32. The Bertz CT molecular complexity index is 616. The minimum Gasteiger partial charge on any atom is -0.384 e.